The zero-order chi connectivity index (χ0) is 14.8. The van der Waals surface area contributed by atoms with Gasteiger partial charge in [0.05, 0.1) is 13.2 Å². The van der Waals surface area contributed by atoms with Crippen molar-refractivity contribution in [1.82, 2.24) is 5.32 Å². The molecular formula is C17H16FNO2. The number of amides is 1. The van der Waals surface area contributed by atoms with Crippen molar-refractivity contribution >= 4 is 5.91 Å². The molecule has 0 aliphatic heterocycles. The minimum absolute atomic E-state index is 0.00105. The van der Waals surface area contributed by atoms with Crippen LogP contribution in [0.15, 0.2) is 42.5 Å². The van der Waals surface area contributed by atoms with E-state index in [4.69, 9.17) is 4.74 Å². The standard InChI is InChI=1S/C17H16FNO2/c1-21-16-9-7-12(10-14(16)18)17(20)19-15-8-6-11-4-2-3-5-13(11)15/h2-5,7,9-10,15H,6,8H2,1H3,(H,19,20)/t15-/m1/s1. The number of nitrogens with one attached hydrogen (secondary N) is 1. The van der Waals surface area contributed by atoms with E-state index in [0.29, 0.717) is 5.56 Å². The maximum absolute atomic E-state index is 13.7. The van der Waals surface area contributed by atoms with Crippen molar-refractivity contribution in [3.63, 3.8) is 0 Å². The highest BCUT2D eigenvalue weighted by Gasteiger charge is 2.24. The molecule has 1 N–H and O–H groups in total. The lowest BCUT2D eigenvalue weighted by Crippen LogP contribution is -2.27. The van der Waals surface area contributed by atoms with Gasteiger partial charge in [-0.2, -0.15) is 0 Å². The highest BCUT2D eigenvalue weighted by Crippen LogP contribution is 2.31. The summed E-state index contributed by atoms with van der Waals surface area (Å²) in [4.78, 5) is 12.2. The van der Waals surface area contributed by atoms with Gasteiger partial charge in [0, 0.05) is 5.56 Å². The Kier molecular flexibility index (Phi) is 3.60. The smallest absolute Gasteiger partial charge is 0.251 e. The first-order valence-electron chi connectivity index (χ1n) is 6.91. The van der Waals surface area contributed by atoms with Crippen LogP contribution in [0.25, 0.3) is 0 Å². The Morgan fingerprint density at radius 2 is 2.10 bits per heavy atom. The number of methoxy groups -OCH3 is 1. The van der Waals surface area contributed by atoms with Crippen molar-refractivity contribution in [1.29, 1.82) is 0 Å². The molecule has 0 fully saturated rings. The summed E-state index contributed by atoms with van der Waals surface area (Å²) in [7, 11) is 1.40. The van der Waals surface area contributed by atoms with Gasteiger partial charge in [-0.1, -0.05) is 24.3 Å². The first-order chi connectivity index (χ1) is 10.2. The number of carbonyl (C=O) groups is 1. The van der Waals surface area contributed by atoms with E-state index in [0.717, 1.165) is 18.4 Å². The topological polar surface area (TPSA) is 38.3 Å². The number of hydrogen-bond acceptors (Lipinski definition) is 2. The monoisotopic (exact) mass is 285 g/mol. The summed E-state index contributed by atoms with van der Waals surface area (Å²) in [6, 6.07) is 12.3. The molecule has 0 spiro atoms. The average Bonchev–Trinajstić information content (AvgIpc) is 2.90. The molecule has 3 rings (SSSR count). The van der Waals surface area contributed by atoms with Crippen molar-refractivity contribution in [2.24, 2.45) is 0 Å². The van der Waals surface area contributed by atoms with Crippen LogP contribution in [0.3, 0.4) is 0 Å². The Labute approximate surface area is 122 Å². The van der Waals surface area contributed by atoms with Gasteiger partial charge in [0.25, 0.3) is 5.91 Å². The fraction of sp³-hybridized carbons (Fsp3) is 0.235. The van der Waals surface area contributed by atoms with Gasteiger partial charge in [-0.15, -0.1) is 0 Å². The number of fused-ring (bicyclic) bond motifs is 1. The van der Waals surface area contributed by atoms with Crippen LogP contribution in [-0.4, -0.2) is 13.0 Å². The summed E-state index contributed by atoms with van der Waals surface area (Å²) in [5.41, 5.74) is 2.72. The van der Waals surface area contributed by atoms with Crippen molar-refractivity contribution in [3.8, 4) is 5.75 Å². The quantitative estimate of drug-likeness (QED) is 0.940. The van der Waals surface area contributed by atoms with Crippen LogP contribution in [0.2, 0.25) is 0 Å². The second-order valence-corrected chi connectivity index (χ2v) is 5.11. The van der Waals surface area contributed by atoms with E-state index in [1.807, 2.05) is 18.2 Å². The Balaban J connectivity index is 1.77. The molecule has 0 saturated heterocycles. The highest BCUT2D eigenvalue weighted by molar-refractivity contribution is 5.94. The van der Waals surface area contributed by atoms with E-state index in [1.165, 1.54) is 24.8 Å². The normalized spacial score (nSPS) is 16.4. The zero-order valence-corrected chi connectivity index (χ0v) is 11.7. The van der Waals surface area contributed by atoms with Gasteiger partial charge in [0.15, 0.2) is 11.6 Å². The molecule has 1 aliphatic rings. The van der Waals surface area contributed by atoms with Crippen LogP contribution in [-0.2, 0) is 6.42 Å². The Morgan fingerprint density at radius 1 is 1.29 bits per heavy atom. The van der Waals surface area contributed by atoms with E-state index in [9.17, 15) is 9.18 Å². The number of halogens is 1. The average molecular weight is 285 g/mol. The third-order valence-electron chi connectivity index (χ3n) is 3.85. The summed E-state index contributed by atoms with van der Waals surface area (Å²) in [6.07, 6.45) is 1.84. The Bertz CT molecular complexity index is 684. The fourth-order valence-electron chi connectivity index (χ4n) is 2.76. The molecule has 0 unspecified atom stereocenters. The second kappa shape index (κ2) is 5.56. The van der Waals surface area contributed by atoms with Gasteiger partial charge in [-0.3, -0.25) is 4.79 Å². The molecule has 0 heterocycles. The van der Waals surface area contributed by atoms with Gasteiger partial charge < -0.3 is 10.1 Å². The first kappa shape index (κ1) is 13.6. The molecule has 1 atom stereocenters. The first-order valence-corrected chi connectivity index (χ1v) is 6.91. The molecular weight excluding hydrogens is 269 g/mol. The maximum Gasteiger partial charge on any atom is 0.251 e. The van der Waals surface area contributed by atoms with E-state index >= 15 is 0 Å². The Morgan fingerprint density at radius 3 is 2.86 bits per heavy atom. The number of rotatable bonds is 3. The molecule has 2 aromatic carbocycles. The number of aryl methyl sites for hydroxylation is 1. The third-order valence-corrected chi connectivity index (χ3v) is 3.85. The van der Waals surface area contributed by atoms with Gasteiger partial charge in [-0.25, -0.2) is 4.39 Å². The maximum atomic E-state index is 13.7. The van der Waals surface area contributed by atoms with Crippen LogP contribution in [0.1, 0.15) is 33.9 Å². The van der Waals surface area contributed by atoms with E-state index in [2.05, 4.69) is 11.4 Å². The van der Waals surface area contributed by atoms with Crippen LogP contribution in [0.5, 0.6) is 5.75 Å². The van der Waals surface area contributed by atoms with Crippen molar-refractivity contribution < 1.29 is 13.9 Å². The molecule has 2 aromatic rings. The molecule has 0 bridgehead atoms. The number of hydrogen-bond donors (Lipinski definition) is 1. The van der Waals surface area contributed by atoms with Crippen LogP contribution in [0, 0.1) is 5.82 Å². The summed E-state index contributed by atoms with van der Waals surface area (Å²) < 4.78 is 18.5. The molecule has 1 amide bonds. The number of ether oxygens (including phenoxy) is 1. The molecule has 4 heteroatoms. The van der Waals surface area contributed by atoms with Gasteiger partial charge >= 0.3 is 0 Å². The van der Waals surface area contributed by atoms with E-state index < -0.39 is 5.82 Å². The molecule has 108 valence electrons. The molecule has 21 heavy (non-hydrogen) atoms. The molecule has 1 aliphatic carbocycles. The van der Waals surface area contributed by atoms with Crippen molar-refractivity contribution in [2.75, 3.05) is 7.11 Å². The highest BCUT2D eigenvalue weighted by atomic mass is 19.1. The molecule has 0 aromatic heterocycles. The summed E-state index contributed by atoms with van der Waals surface area (Å²) in [6.45, 7) is 0. The third kappa shape index (κ3) is 2.61. The van der Waals surface area contributed by atoms with Crippen LogP contribution >= 0.6 is 0 Å². The molecule has 3 nitrogen and oxygen atoms in total. The summed E-state index contributed by atoms with van der Waals surface area (Å²) in [5.74, 6) is -0.659. The minimum Gasteiger partial charge on any atom is -0.494 e. The Hall–Kier alpha value is -2.36. The second-order valence-electron chi connectivity index (χ2n) is 5.11. The lowest BCUT2D eigenvalue weighted by Gasteiger charge is -2.14. The zero-order valence-electron chi connectivity index (χ0n) is 11.7. The van der Waals surface area contributed by atoms with Crippen LogP contribution < -0.4 is 10.1 Å². The predicted molar refractivity (Wildman–Crippen MR) is 77.9 cm³/mol. The van der Waals surface area contributed by atoms with Gasteiger partial charge in [0.1, 0.15) is 0 Å². The van der Waals surface area contributed by atoms with E-state index in [-0.39, 0.29) is 17.7 Å². The SMILES string of the molecule is COc1ccc(C(=O)N[C@@H]2CCc3ccccc32)cc1F. The lowest BCUT2D eigenvalue weighted by molar-refractivity contribution is 0.0936. The largest absolute Gasteiger partial charge is 0.494 e. The van der Waals surface area contributed by atoms with E-state index in [1.54, 1.807) is 6.07 Å². The lowest BCUT2D eigenvalue weighted by atomic mass is 10.1. The van der Waals surface area contributed by atoms with Crippen LogP contribution in [0.4, 0.5) is 4.39 Å². The van der Waals surface area contributed by atoms with Gasteiger partial charge in [-0.05, 0) is 42.2 Å². The minimum atomic E-state index is -0.531. The summed E-state index contributed by atoms with van der Waals surface area (Å²) in [5, 5.41) is 2.97. The number of carbonyl (C=O) groups excluding carboxylic acids is 1. The predicted octanol–water partition coefficient (Wildman–Crippen LogP) is 3.25. The fourth-order valence-corrected chi connectivity index (χ4v) is 2.76. The van der Waals surface area contributed by atoms with Gasteiger partial charge in [0.2, 0.25) is 0 Å². The van der Waals surface area contributed by atoms with Crippen molar-refractivity contribution in [2.45, 2.75) is 18.9 Å². The molecule has 0 radical (unpaired) electrons. The number of benzene rings is 2. The summed E-state index contributed by atoms with van der Waals surface area (Å²) >= 11 is 0. The molecule has 0 saturated carbocycles. The van der Waals surface area contributed by atoms with Crippen molar-refractivity contribution in [3.05, 3.63) is 65.0 Å².